The SMILES string of the molecule is COc1ccccc1C1(CNS(=O)(=O)c2cccc(Cl)c2C)CCOCC1. The van der Waals surface area contributed by atoms with Crippen molar-refractivity contribution in [1.29, 1.82) is 0 Å². The summed E-state index contributed by atoms with van der Waals surface area (Å²) in [6, 6.07) is 12.7. The first-order valence-corrected chi connectivity index (χ1v) is 10.7. The molecule has 146 valence electrons. The highest BCUT2D eigenvalue weighted by Gasteiger charge is 2.38. The van der Waals surface area contributed by atoms with E-state index in [4.69, 9.17) is 21.1 Å². The summed E-state index contributed by atoms with van der Waals surface area (Å²) in [5, 5.41) is 0.434. The van der Waals surface area contributed by atoms with E-state index in [9.17, 15) is 8.42 Å². The molecule has 2 aromatic rings. The van der Waals surface area contributed by atoms with Crippen molar-refractivity contribution in [2.24, 2.45) is 0 Å². The minimum atomic E-state index is -3.69. The Balaban J connectivity index is 1.93. The second kappa shape index (κ2) is 8.19. The minimum absolute atomic E-state index is 0.206. The number of methoxy groups -OCH3 is 1. The molecule has 0 aromatic heterocycles. The molecule has 0 atom stereocenters. The fourth-order valence-corrected chi connectivity index (χ4v) is 5.20. The van der Waals surface area contributed by atoms with Gasteiger partial charge in [0.25, 0.3) is 0 Å². The Kier molecular flexibility index (Phi) is 6.11. The molecule has 0 spiro atoms. The van der Waals surface area contributed by atoms with Crippen LogP contribution in [0.2, 0.25) is 5.02 Å². The third-order valence-corrected chi connectivity index (χ3v) is 7.19. The summed E-state index contributed by atoms with van der Waals surface area (Å²) in [6.07, 6.45) is 1.43. The number of hydrogen-bond donors (Lipinski definition) is 1. The Labute approximate surface area is 165 Å². The van der Waals surface area contributed by atoms with Gasteiger partial charge in [-0.1, -0.05) is 35.9 Å². The Morgan fingerprint density at radius 1 is 1.15 bits per heavy atom. The van der Waals surface area contributed by atoms with Gasteiger partial charge in [-0.25, -0.2) is 13.1 Å². The molecule has 1 fully saturated rings. The van der Waals surface area contributed by atoms with Crippen LogP contribution >= 0.6 is 11.6 Å². The van der Waals surface area contributed by atoms with Gasteiger partial charge < -0.3 is 9.47 Å². The summed E-state index contributed by atoms with van der Waals surface area (Å²) in [5.41, 5.74) is 1.16. The van der Waals surface area contributed by atoms with Crippen molar-refractivity contribution in [2.75, 3.05) is 26.9 Å². The third kappa shape index (κ3) is 4.14. The molecule has 3 rings (SSSR count). The number of ether oxygens (including phenoxy) is 2. The number of rotatable bonds is 6. The highest BCUT2D eigenvalue weighted by atomic mass is 35.5. The largest absolute Gasteiger partial charge is 0.496 e. The maximum absolute atomic E-state index is 12.9. The normalized spacial score (nSPS) is 16.9. The van der Waals surface area contributed by atoms with Crippen LogP contribution in [0.15, 0.2) is 47.4 Å². The third-order valence-electron chi connectivity index (χ3n) is 5.24. The zero-order chi connectivity index (χ0) is 19.5. The molecule has 0 bridgehead atoms. The lowest BCUT2D eigenvalue weighted by molar-refractivity contribution is 0.0509. The molecule has 0 unspecified atom stereocenters. The molecule has 1 aliphatic rings. The lowest BCUT2D eigenvalue weighted by Crippen LogP contribution is -2.44. The van der Waals surface area contributed by atoms with E-state index in [0.29, 0.717) is 36.6 Å². The molecule has 1 aliphatic heterocycles. The van der Waals surface area contributed by atoms with Crippen LogP contribution in [0.5, 0.6) is 5.75 Å². The predicted molar refractivity (Wildman–Crippen MR) is 106 cm³/mol. The van der Waals surface area contributed by atoms with E-state index in [2.05, 4.69) is 4.72 Å². The van der Waals surface area contributed by atoms with Gasteiger partial charge >= 0.3 is 0 Å². The molecular formula is C20H24ClNO4S. The standard InChI is InChI=1S/C20H24ClNO4S/c1-15-17(21)7-5-9-19(15)27(23,24)22-14-20(10-12-26-13-11-20)16-6-3-4-8-18(16)25-2/h3-9,22H,10-14H2,1-2H3. The van der Waals surface area contributed by atoms with Crippen LogP contribution in [0.1, 0.15) is 24.0 Å². The molecule has 5 nitrogen and oxygen atoms in total. The Hall–Kier alpha value is -1.60. The molecule has 0 aliphatic carbocycles. The summed E-state index contributed by atoms with van der Waals surface area (Å²) >= 11 is 6.11. The van der Waals surface area contributed by atoms with Crippen molar-refractivity contribution < 1.29 is 17.9 Å². The molecular weight excluding hydrogens is 386 g/mol. The maximum atomic E-state index is 12.9. The Morgan fingerprint density at radius 2 is 1.85 bits per heavy atom. The van der Waals surface area contributed by atoms with Gasteiger partial charge in [0.15, 0.2) is 0 Å². The van der Waals surface area contributed by atoms with Crippen molar-refractivity contribution in [3.8, 4) is 5.75 Å². The van der Waals surface area contributed by atoms with Gasteiger partial charge in [0.2, 0.25) is 10.0 Å². The van der Waals surface area contributed by atoms with E-state index in [1.807, 2.05) is 24.3 Å². The lowest BCUT2D eigenvalue weighted by Gasteiger charge is -2.38. The van der Waals surface area contributed by atoms with E-state index >= 15 is 0 Å². The Morgan fingerprint density at radius 3 is 2.56 bits per heavy atom. The van der Waals surface area contributed by atoms with Crippen molar-refractivity contribution in [1.82, 2.24) is 4.72 Å². The fourth-order valence-electron chi connectivity index (χ4n) is 3.58. The van der Waals surface area contributed by atoms with Gasteiger partial charge in [0.05, 0.1) is 12.0 Å². The van der Waals surface area contributed by atoms with E-state index in [1.165, 1.54) is 0 Å². The van der Waals surface area contributed by atoms with Gasteiger partial charge in [-0.2, -0.15) is 0 Å². The summed E-state index contributed by atoms with van der Waals surface area (Å²) in [5.74, 6) is 0.762. The van der Waals surface area contributed by atoms with Crippen molar-refractivity contribution in [2.45, 2.75) is 30.1 Å². The number of benzene rings is 2. The van der Waals surface area contributed by atoms with Gasteiger partial charge in [-0.3, -0.25) is 0 Å². The second-order valence-electron chi connectivity index (χ2n) is 6.78. The molecule has 1 saturated heterocycles. The number of halogens is 1. The molecule has 7 heteroatoms. The highest BCUT2D eigenvalue weighted by molar-refractivity contribution is 7.89. The molecule has 1 heterocycles. The molecule has 0 saturated carbocycles. The van der Waals surface area contributed by atoms with Crippen molar-refractivity contribution in [3.63, 3.8) is 0 Å². The van der Waals surface area contributed by atoms with E-state index in [-0.39, 0.29) is 16.9 Å². The summed E-state index contributed by atoms with van der Waals surface area (Å²) < 4.78 is 39.8. The highest BCUT2D eigenvalue weighted by Crippen LogP contribution is 2.39. The second-order valence-corrected chi connectivity index (χ2v) is 8.92. The lowest BCUT2D eigenvalue weighted by atomic mass is 9.74. The van der Waals surface area contributed by atoms with Crippen molar-refractivity contribution >= 4 is 21.6 Å². The zero-order valence-corrected chi connectivity index (χ0v) is 17.1. The van der Waals surface area contributed by atoms with E-state index in [1.54, 1.807) is 32.2 Å². The van der Waals surface area contributed by atoms with Crippen molar-refractivity contribution in [3.05, 3.63) is 58.6 Å². The Bertz CT molecular complexity index is 908. The summed E-state index contributed by atoms with van der Waals surface area (Å²) in [4.78, 5) is 0.206. The van der Waals surface area contributed by atoms with Crippen LogP contribution < -0.4 is 9.46 Å². The first-order valence-electron chi connectivity index (χ1n) is 8.86. The quantitative estimate of drug-likeness (QED) is 0.790. The molecule has 1 N–H and O–H groups in total. The van der Waals surface area contributed by atoms with Crippen LogP contribution in [-0.4, -0.2) is 35.3 Å². The fraction of sp³-hybridized carbons (Fsp3) is 0.400. The first kappa shape index (κ1) is 20.1. The van der Waals surface area contributed by atoms with Crippen LogP contribution in [0.4, 0.5) is 0 Å². The summed E-state index contributed by atoms with van der Waals surface area (Å²) in [6.45, 7) is 3.14. The zero-order valence-electron chi connectivity index (χ0n) is 15.5. The number of sulfonamides is 1. The van der Waals surface area contributed by atoms with Crippen LogP contribution in [0, 0.1) is 6.92 Å². The monoisotopic (exact) mass is 409 g/mol. The average Bonchev–Trinajstić information content (AvgIpc) is 2.69. The topological polar surface area (TPSA) is 64.6 Å². The van der Waals surface area contributed by atoms with E-state index in [0.717, 1.165) is 11.3 Å². The average molecular weight is 410 g/mol. The molecule has 0 radical (unpaired) electrons. The predicted octanol–water partition coefficient (Wildman–Crippen LogP) is 3.68. The van der Waals surface area contributed by atoms with Gasteiger partial charge in [-0.15, -0.1) is 0 Å². The minimum Gasteiger partial charge on any atom is -0.496 e. The van der Waals surface area contributed by atoms with Gasteiger partial charge in [0.1, 0.15) is 5.75 Å². The smallest absolute Gasteiger partial charge is 0.240 e. The number of hydrogen-bond acceptors (Lipinski definition) is 4. The molecule has 27 heavy (non-hydrogen) atoms. The first-order chi connectivity index (χ1) is 12.9. The number of para-hydroxylation sites is 1. The maximum Gasteiger partial charge on any atom is 0.240 e. The number of nitrogens with one attached hydrogen (secondary N) is 1. The van der Waals surface area contributed by atoms with Crippen LogP contribution in [-0.2, 0) is 20.2 Å². The van der Waals surface area contributed by atoms with E-state index < -0.39 is 10.0 Å². The van der Waals surface area contributed by atoms with Gasteiger partial charge in [-0.05, 0) is 43.5 Å². The van der Waals surface area contributed by atoms with Crippen LogP contribution in [0.25, 0.3) is 0 Å². The summed E-state index contributed by atoms with van der Waals surface area (Å²) in [7, 11) is -2.06. The van der Waals surface area contributed by atoms with Crippen LogP contribution in [0.3, 0.4) is 0 Å². The molecule has 0 amide bonds. The molecule has 2 aromatic carbocycles. The van der Waals surface area contributed by atoms with Gasteiger partial charge in [0, 0.05) is 35.8 Å².